The van der Waals surface area contributed by atoms with Gasteiger partial charge in [0.05, 0.1) is 0 Å². The molecule has 4 aliphatic carbocycles. The summed E-state index contributed by atoms with van der Waals surface area (Å²) in [6, 6.07) is 0. The highest BCUT2D eigenvalue weighted by Gasteiger charge is 2.59. The van der Waals surface area contributed by atoms with Gasteiger partial charge in [0.2, 0.25) is 0 Å². The third-order valence-corrected chi connectivity index (χ3v) is 10.6. The van der Waals surface area contributed by atoms with Crippen molar-refractivity contribution in [2.24, 2.45) is 52.3 Å². The molecule has 31 heavy (non-hydrogen) atoms. The monoisotopic (exact) mass is 432 g/mol. The second-order valence-corrected chi connectivity index (χ2v) is 12.7. The second kappa shape index (κ2) is 9.89. The Bertz CT molecular complexity index is 620. The van der Waals surface area contributed by atoms with Gasteiger partial charge in [-0.05, 0) is 97.2 Å². The van der Waals surface area contributed by atoms with Gasteiger partial charge in [-0.1, -0.05) is 86.3 Å². The van der Waals surface area contributed by atoms with Crippen molar-refractivity contribution in [2.75, 3.05) is 0 Å². The number of hydrogen-bond acceptors (Lipinski definition) is 0. The van der Waals surface area contributed by atoms with Crippen LogP contribution in [0.2, 0.25) is 0 Å². The van der Waals surface area contributed by atoms with Gasteiger partial charge in [0.25, 0.3) is 0 Å². The van der Waals surface area contributed by atoms with Gasteiger partial charge in [-0.25, -0.2) is 4.39 Å². The highest BCUT2D eigenvalue weighted by Crippen LogP contribution is 2.67. The van der Waals surface area contributed by atoms with E-state index >= 15 is 0 Å². The quantitative estimate of drug-likeness (QED) is 0.379. The molecule has 0 radical (unpaired) electrons. The van der Waals surface area contributed by atoms with Crippen LogP contribution in [0.3, 0.4) is 0 Å². The average molecular weight is 433 g/mol. The van der Waals surface area contributed by atoms with Crippen molar-refractivity contribution in [3.63, 3.8) is 0 Å². The highest BCUT2D eigenvalue weighted by atomic mass is 19.1. The molecule has 0 N–H and O–H groups in total. The lowest BCUT2D eigenvalue weighted by molar-refractivity contribution is -0.0617. The van der Waals surface area contributed by atoms with Crippen molar-refractivity contribution in [3.8, 4) is 0 Å². The van der Waals surface area contributed by atoms with Crippen LogP contribution in [-0.2, 0) is 0 Å². The molecule has 9 unspecified atom stereocenters. The first-order valence-corrected chi connectivity index (χ1v) is 14.0. The molecule has 0 amide bonds. The Balaban J connectivity index is 0.00000132. The molecule has 9 atom stereocenters. The Labute approximate surface area is 194 Å². The minimum Gasteiger partial charge on any atom is -0.247 e. The average Bonchev–Trinajstić information content (AvgIpc) is 3.08. The number of fused-ring (bicyclic) bond motifs is 5. The maximum atomic E-state index is 14.8. The van der Waals surface area contributed by atoms with Gasteiger partial charge in [-0.3, -0.25) is 0 Å². The molecular weight excluding hydrogens is 379 g/mol. The van der Waals surface area contributed by atoms with Crippen LogP contribution in [0.15, 0.2) is 11.6 Å². The van der Waals surface area contributed by atoms with Crippen LogP contribution in [0.5, 0.6) is 0 Å². The van der Waals surface area contributed by atoms with Crippen LogP contribution in [0.25, 0.3) is 0 Å². The standard InChI is InChI=1S/C28H47F.C2H6/c1-18(2)8-7-9-19(3)23-12-13-24-22-11-10-21-16-20(4)26(29)17-28(21,6)25(22)14-15-27(23,24)5;1-2/h10,18-20,22-26H,7-9,11-17H2,1-6H3;1-2H3. The fourth-order valence-corrected chi connectivity index (χ4v) is 8.86. The van der Waals surface area contributed by atoms with Crippen LogP contribution < -0.4 is 0 Å². The van der Waals surface area contributed by atoms with E-state index in [1.165, 1.54) is 51.4 Å². The van der Waals surface area contributed by atoms with E-state index in [1.807, 2.05) is 13.8 Å². The predicted molar refractivity (Wildman–Crippen MR) is 134 cm³/mol. The fourth-order valence-electron chi connectivity index (χ4n) is 8.86. The van der Waals surface area contributed by atoms with Gasteiger partial charge in [0.1, 0.15) is 6.17 Å². The fraction of sp³-hybridized carbons (Fsp3) is 0.933. The van der Waals surface area contributed by atoms with Crippen LogP contribution >= 0.6 is 0 Å². The van der Waals surface area contributed by atoms with E-state index in [2.05, 4.69) is 47.6 Å². The molecule has 0 nitrogen and oxygen atoms in total. The first-order chi connectivity index (χ1) is 14.7. The molecule has 4 aliphatic rings. The minimum absolute atomic E-state index is 0.150. The first kappa shape index (κ1) is 25.3. The molecule has 0 spiro atoms. The summed E-state index contributed by atoms with van der Waals surface area (Å²) in [5.74, 6) is 5.28. The lowest BCUT2D eigenvalue weighted by Crippen LogP contribution is -2.51. The summed E-state index contributed by atoms with van der Waals surface area (Å²) in [6.45, 7) is 18.5. The Morgan fingerprint density at radius 2 is 1.74 bits per heavy atom. The molecule has 0 bridgehead atoms. The van der Waals surface area contributed by atoms with Gasteiger partial charge < -0.3 is 0 Å². The predicted octanol–water partition coefficient (Wildman–Crippen LogP) is 9.64. The van der Waals surface area contributed by atoms with E-state index in [0.717, 1.165) is 48.3 Å². The summed E-state index contributed by atoms with van der Waals surface area (Å²) in [7, 11) is 0. The van der Waals surface area contributed by atoms with Crippen molar-refractivity contribution in [3.05, 3.63) is 11.6 Å². The third kappa shape index (κ3) is 4.55. The zero-order valence-electron chi connectivity index (χ0n) is 22.1. The van der Waals surface area contributed by atoms with Gasteiger partial charge in [0.15, 0.2) is 0 Å². The number of halogens is 1. The molecule has 0 saturated heterocycles. The molecule has 3 saturated carbocycles. The van der Waals surface area contributed by atoms with E-state index < -0.39 is 6.17 Å². The lowest BCUT2D eigenvalue weighted by atomic mass is 9.46. The molecule has 180 valence electrons. The third-order valence-electron chi connectivity index (χ3n) is 10.6. The molecule has 0 aromatic heterocycles. The molecule has 1 heteroatoms. The van der Waals surface area contributed by atoms with E-state index in [-0.39, 0.29) is 11.3 Å². The van der Waals surface area contributed by atoms with Crippen molar-refractivity contribution >= 4 is 0 Å². The summed E-state index contributed by atoms with van der Waals surface area (Å²) < 4.78 is 14.8. The van der Waals surface area contributed by atoms with Crippen molar-refractivity contribution < 1.29 is 4.39 Å². The smallest absolute Gasteiger partial charge is 0.104 e. The lowest BCUT2D eigenvalue weighted by Gasteiger charge is -2.59. The van der Waals surface area contributed by atoms with E-state index in [9.17, 15) is 4.39 Å². The minimum atomic E-state index is -0.596. The second-order valence-electron chi connectivity index (χ2n) is 12.7. The Morgan fingerprint density at radius 3 is 2.42 bits per heavy atom. The zero-order chi connectivity index (χ0) is 23.0. The Hall–Kier alpha value is -0.330. The van der Waals surface area contributed by atoms with Crippen molar-refractivity contribution in [1.29, 1.82) is 0 Å². The topological polar surface area (TPSA) is 0 Å². The molecule has 0 aromatic rings. The summed E-state index contributed by atoms with van der Waals surface area (Å²) in [5, 5.41) is 0. The van der Waals surface area contributed by atoms with Crippen LogP contribution in [-0.4, -0.2) is 6.17 Å². The normalized spacial score (nSPS) is 45.0. The van der Waals surface area contributed by atoms with E-state index in [0.29, 0.717) is 5.41 Å². The Kier molecular flexibility index (Phi) is 8.07. The van der Waals surface area contributed by atoms with Crippen LogP contribution in [0.1, 0.15) is 120 Å². The number of allylic oxidation sites excluding steroid dienone is 2. The summed E-state index contributed by atoms with van der Waals surface area (Å²) in [6.07, 6.45) is 14.9. The highest BCUT2D eigenvalue weighted by molar-refractivity contribution is 5.26. The van der Waals surface area contributed by atoms with E-state index in [4.69, 9.17) is 0 Å². The molecular formula is C30H53F. The first-order valence-electron chi connectivity index (χ1n) is 14.0. The molecule has 0 aromatic carbocycles. The summed E-state index contributed by atoms with van der Waals surface area (Å²) in [5.41, 5.74) is 2.31. The SMILES string of the molecule is CC.CC(C)CCCC(C)C1CCC2C3CC=C4CC(C)C(F)CC4(C)C3CCC12C. The number of rotatable bonds is 5. The van der Waals surface area contributed by atoms with Crippen molar-refractivity contribution in [2.45, 2.75) is 126 Å². The van der Waals surface area contributed by atoms with Gasteiger partial charge >= 0.3 is 0 Å². The Morgan fingerprint density at radius 1 is 1.03 bits per heavy atom. The van der Waals surface area contributed by atoms with Crippen LogP contribution in [0.4, 0.5) is 4.39 Å². The molecule has 0 aliphatic heterocycles. The maximum Gasteiger partial charge on any atom is 0.104 e. The molecule has 0 heterocycles. The number of hydrogen-bond donors (Lipinski definition) is 0. The van der Waals surface area contributed by atoms with Crippen molar-refractivity contribution in [1.82, 2.24) is 0 Å². The molecule has 4 rings (SSSR count). The van der Waals surface area contributed by atoms with Gasteiger partial charge in [-0.2, -0.15) is 0 Å². The summed E-state index contributed by atoms with van der Waals surface area (Å²) in [4.78, 5) is 0. The maximum absolute atomic E-state index is 14.8. The largest absolute Gasteiger partial charge is 0.247 e. The van der Waals surface area contributed by atoms with Gasteiger partial charge in [-0.15, -0.1) is 0 Å². The van der Waals surface area contributed by atoms with Gasteiger partial charge in [0, 0.05) is 0 Å². The zero-order valence-corrected chi connectivity index (χ0v) is 22.1. The number of alkyl halides is 1. The van der Waals surface area contributed by atoms with Crippen LogP contribution in [0, 0.1) is 52.3 Å². The molecule has 3 fully saturated rings. The van der Waals surface area contributed by atoms with E-state index in [1.54, 1.807) is 5.57 Å². The summed E-state index contributed by atoms with van der Waals surface area (Å²) >= 11 is 0.